The van der Waals surface area contributed by atoms with Crippen LogP contribution >= 0.6 is 0 Å². The molecule has 0 saturated carbocycles. The molecule has 0 spiro atoms. The van der Waals surface area contributed by atoms with E-state index in [0.717, 1.165) is 40.4 Å². The number of amides is 1. The highest BCUT2D eigenvalue weighted by molar-refractivity contribution is 5.94. The first kappa shape index (κ1) is 18.9. The van der Waals surface area contributed by atoms with Gasteiger partial charge in [0.05, 0.1) is 12.6 Å². The number of nitrogens with one attached hydrogen (secondary N) is 2. The summed E-state index contributed by atoms with van der Waals surface area (Å²) in [4.78, 5) is 21.5. The second-order valence-electron chi connectivity index (χ2n) is 7.38. The molecule has 0 fully saturated rings. The van der Waals surface area contributed by atoms with Crippen LogP contribution in [0.3, 0.4) is 0 Å². The van der Waals surface area contributed by atoms with Crippen LogP contribution in [-0.4, -0.2) is 22.5 Å². The van der Waals surface area contributed by atoms with Crippen LogP contribution < -0.4 is 15.4 Å². The van der Waals surface area contributed by atoms with Gasteiger partial charge in [-0.3, -0.25) is 4.79 Å². The van der Waals surface area contributed by atoms with Crippen molar-refractivity contribution < 1.29 is 9.53 Å². The number of carbonyl (C=O) groups is 1. The number of aryl methyl sites for hydroxylation is 3. The van der Waals surface area contributed by atoms with E-state index in [1.54, 1.807) is 12.1 Å². The average Bonchev–Trinajstić information content (AvgIpc) is 2.68. The van der Waals surface area contributed by atoms with Gasteiger partial charge in [-0.2, -0.15) is 0 Å². The van der Waals surface area contributed by atoms with Crippen molar-refractivity contribution in [1.82, 2.24) is 15.3 Å². The van der Waals surface area contributed by atoms with E-state index in [0.29, 0.717) is 18.1 Å². The zero-order valence-electron chi connectivity index (χ0n) is 16.8. The zero-order valence-corrected chi connectivity index (χ0v) is 16.8. The number of ether oxygens (including phenoxy) is 1. The molecule has 1 aliphatic rings. The molecule has 0 radical (unpaired) electrons. The Bertz CT molecular complexity index is 1030. The van der Waals surface area contributed by atoms with E-state index >= 15 is 0 Å². The summed E-state index contributed by atoms with van der Waals surface area (Å²) in [6, 6.07) is 15.3. The minimum absolute atomic E-state index is 0.0485. The molecule has 2 heterocycles. The lowest BCUT2D eigenvalue weighted by molar-refractivity contribution is 0.0925. The molecule has 6 heteroatoms. The Kier molecular flexibility index (Phi) is 5.16. The molecule has 2 aromatic carbocycles. The number of nitrogens with zero attached hydrogens (tertiary/aromatic N) is 2. The third kappa shape index (κ3) is 4.37. The van der Waals surface area contributed by atoms with Crippen LogP contribution in [0.15, 0.2) is 48.5 Å². The summed E-state index contributed by atoms with van der Waals surface area (Å²) in [5.74, 6) is 1.30. The molecule has 1 aliphatic heterocycles. The van der Waals surface area contributed by atoms with Crippen molar-refractivity contribution in [2.45, 2.75) is 33.2 Å². The minimum atomic E-state index is -0.0986. The maximum atomic E-state index is 12.8. The number of fused-ring (bicyclic) bond motifs is 1. The molecule has 4 rings (SSSR count). The number of aromatic nitrogens is 2. The Morgan fingerprint density at radius 3 is 2.45 bits per heavy atom. The standard InChI is InChI=1S/C23H24N4O2/c1-14-4-9-21-19(12-14)20(10-11-29-21)27-22(28)17-5-7-18(8-6-17)26-23-24-15(2)13-16(3)25-23/h4-9,12-13,20H,10-11H2,1-3H3,(H,27,28)(H,24,25,26). The molecule has 0 aliphatic carbocycles. The zero-order chi connectivity index (χ0) is 20.4. The van der Waals surface area contributed by atoms with Crippen LogP contribution in [0.25, 0.3) is 0 Å². The van der Waals surface area contributed by atoms with Gasteiger partial charge >= 0.3 is 0 Å². The maximum absolute atomic E-state index is 12.8. The Balaban J connectivity index is 1.46. The highest BCUT2D eigenvalue weighted by Crippen LogP contribution is 2.32. The van der Waals surface area contributed by atoms with Crippen molar-refractivity contribution in [1.29, 1.82) is 0 Å². The summed E-state index contributed by atoms with van der Waals surface area (Å²) in [6.07, 6.45) is 0.756. The van der Waals surface area contributed by atoms with Crippen molar-refractivity contribution in [3.8, 4) is 5.75 Å². The number of rotatable bonds is 4. The van der Waals surface area contributed by atoms with Crippen LogP contribution in [-0.2, 0) is 0 Å². The Labute approximate surface area is 170 Å². The third-order valence-corrected chi connectivity index (χ3v) is 4.90. The van der Waals surface area contributed by atoms with E-state index in [1.807, 2.05) is 51.1 Å². The molecule has 3 aromatic rings. The Morgan fingerprint density at radius 1 is 1.00 bits per heavy atom. The van der Waals surface area contributed by atoms with Gasteiger partial charge in [0.2, 0.25) is 5.95 Å². The highest BCUT2D eigenvalue weighted by atomic mass is 16.5. The quantitative estimate of drug-likeness (QED) is 0.693. The Morgan fingerprint density at radius 2 is 1.72 bits per heavy atom. The fourth-order valence-corrected chi connectivity index (χ4v) is 3.52. The van der Waals surface area contributed by atoms with Gasteiger partial charge in [-0.15, -0.1) is 0 Å². The first-order valence-electron chi connectivity index (χ1n) is 9.71. The first-order valence-corrected chi connectivity index (χ1v) is 9.71. The van der Waals surface area contributed by atoms with Crippen molar-refractivity contribution in [3.63, 3.8) is 0 Å². The second kappa shape index (κ2) is 7.91. The van der Waals surface area contributed by atoms with Crippen molar-refractivity contribution >= 4 is 17.5 Å². The summed E-state index contributed by atoms with van der Waals surface area (Å²) >= 11 is 0. The van der Waals surface area contributed by atoms with Gasteiger partial charge < -0.3 is 15.4 Å². The number of hydrogen-bond donors (Lipinski definition) is 2. The average molecular weight is 388 g/mol. The van der Waals surface area contributed by atoms with Gasteiger partial charge in [-0.1, -0.05) is 17.7 Å². The maximum Gasteiger partial charge on any atom is 0.251 e. The molecule has 1 atom stereocenters. The van der Waals surface area contributed by atoms with Gasteiger partial charge in [0, 0.05) is 34.6 Å². The largest absolute Gasteiger partial charge is 0.493 e. The molecule has 29 heavy (non-hydrogen) atoms. The van der Waals surface area contributed by atoms with Gasteiger partial charge in [-0.25, -0.2) is 9.97 Å². The lowest BCUT2D eigenvalue weighted by Crippen LogP contribution is -2.32. The first-order chi connectivity index (χ1) is 14.0. The summed E-state index contributed by atoms with van der Waals surface area (Å²) in [5, 5.41) is 6.32. The molecule has 1 amide bonds. The van der Waals surface area contributed by atoms with E-state index in [2.05, 4.69) is 26.7 Å². The predicted molar refractivity (Wildman–Crippen MR) is 113 cm³/mol. The van der Waals surface area contributed by atoms with Crippen LogP contribution in [0.1, 0.15) is 45.3 Å². The van der Waals surface area contributed by atoms with E-state index in [4.69, 9.17) is 4.74 Å². The summed E-state index contributed by atoms with van der Waals surface area (Å²) < 4.78 is 5.71. The molecule has 1 aromatic heterocycles. The predicted octanol–water partition coefficient (Wildman–Crippen LogP) is 4.40. The van der Waals surface area contributed by atoms with E-state index in [-0.39, 0.29) is 11.9 Å². The van der Waals surface area contributed by atoms with Crippen LogP contribution in [0.4, 0.5) is 11.6 Å². The topological polar surface area (TPSA) is 76.1 Å². The number of carbonyl (C=O) groups excluding carboxylic acids is 1. The smallest absolute Gasteiger partial charge is 0.251 e. The van der Waals surface area contributed by atoms with Gasteiger partial charge in [0.25, 0.3) is 5.91 Å². The van der Waals surface area contributed by atoms with Gasteiger partial charge in [0.15, 0.2) is 0 Å². The van der Waals surface area contributed by atoms with E-state index < -0.39 is 0 Å². The number of hydrogen-bond acceptors (Lipinski definition) is 5. The molecule has 148 valence electrons. The molecule has 0 bridgehead atoms. The Hall–Kier alpha value is -3.41. The van der Waals surface area contributed by atoms with Crippen LogP contribution in [0.5, 0.6) is 5.75 Å². The van der Waals surface area contributed by atoms with Gasteiger partial charge in [0.1, 0.15) is 5.75 Å². The minimum Gasteiger partial charge on any atom is -0.493 e. The second-order valence-corrected chi connectivity index (χ2v) is 7.38. The molecular formula is C23H24N4O2. The fraction of sp³-hybridized carbons (Fsp3) is 0.261. The number of anilines is 2. The molecule has 1 unspecified atom stereocenters. The van der Waals surface area contributed by atoms with Gasteiger partial charge in [-0.05, 0) is 57.2 Å². The molecular weight excluding hydrogens is 364 g/mol. The molecule has 2 N–H and O–H groups in total. The third-order valence-electron chi connectivity index (χ3n) is 4.90. The monoisotopic (exact) mass is 388 g/mol. The van der Waals surface area contributed by atoms with Crippen LogP contribution in [0.2, 0.25) is 0 Å². The lowest BCUT2D eigenvalue weighted by Gasteiger charge is -2.27. The van der Waals surface area contributed by atoms with E-state index in [9.17, 15) is 4.79 Å². The van der Waals surface area contributed by atoms with Crippen molar-refractivity contribution in [3.05, 3.63) is 76.6 Å². The molecule has 0 saturated heterocycles. The summed E-state index contributed by atoms with van der Waals surface area (Å²) in [5.41, 5.74) is 5.44. The summed E-state index contributed by atoms with van der Waals surface area (Å²) in [7, 11) is 0. The number of benzene rings is 2. The van der Waals surface area contributed by atoms with E-state index in [1.165, 1.54) is 0 Å². The lowest BCUT2D eigenvalue weighted by atomic mass is 9.98. The van der Waals surface area contributed by atoms with Crippen molar-refractivity contribution in [2.75, 3.05) is 11.9 Å². The highest BCUT2D eigenvalue weighted by Gasteiger charge is 2.23. The summed E-state index contributed by atoms with van der Waals surface area (Å²) in [6.45, 7) is 6.51. The molecule has 6 nitrogen and oxygen atoms in total. The SMILES string of the molecule is Cc1ccc2c(c1)C(NC(=O)c1ccc(Nc3nc(C)cc(C)n3)cc1)CCO2. The van der Waals surface area contributed by atoms with Crippen LogP contribution in [0, 0.1) is 20.8 Å². The fourth-order valence-electron chi connectivity index (χ4n) is 3.52. The normalized spacial score (nSPS) is 15.2. The van der Waals surface area contributed by atoms with Crippen molar-refractivity contribution in [2.24, 2.45) is 0 Å².